The zero-order chi connectivity index (χ0) is 19.0. The number of primary amides is 1. The lowest BCUT2D eigenvalue weighted by Gasteiger charge is -2.21. The van der Waals surface area contributed by atoms with Crippen LogP contribution < -0.4 is 5.73 Å². The minimum absolute atomic E-state index is 0.00622. The van der Waals surface area contributed by atoms with Gasteiger partial charge in [-0.1, -0.05) is 48.5 Å². The van der Waals surface area contributed by atoms with Crippen molar-refractivity contribution in [1.29, 1.82) is 0 Å². The summed E-state index contributed by atoms with van der Waals surface area (Å²) in [6.45, 7) is -0.422. The van der Waals surface area contributed by atoms with Gasteiger partial charge in [-0.05, 0) is 22.6 Å². The van der Waals surface area contributed by atoms with Gasteiger partial charge in [0.05, 0.1) is 5.75 Å². The van der Waals surface area contributed by atoms with Gasteiger partial charge in [0.25, 0.3) is 5.91 Å². The number of hydrogen-bond donors (Lipinski definition) is 1. The van der Waals surface area contributed by atoms with Gasteiger partial charge in [0.1, 0.15) is 0 Å². The molecule has 3 aromatic carbocycles. The maximum atomic E-state index is 12.9. The summed E-state index contributed by atoms with van der Waals surface area (Å²) < 4.78 is 4.79. The van der Waals surface area contributed by atoms with E-state index in [9.17, 15) is 14.4 Å². The van der Waals surface area contributed by atoms with Gasteiger partial charge >= 0.3 is 5.97 Å². The predicted molar refractivity (Wildman–Crippen MR) is 104 cm³/mol. The van der Waals surface area contributed by atoms with Crippen molar-refractivity contribution in [3.8, 4) is 11.1 Å². The minimum atomic E-state index is -0.688. The van der Waals surface area contributed by atoms with Crippen LogP contribution in [0.3, 0.4) is 0 Å². The van der Waals surface area contributed by atoms with E-state index in [0.29, 0.717) is 11.1 Å². The quantitative estimate of drug-likeness (QED) is 0.426. The van der Waals surface area contributed by atoms with Gasteiger partial charge in [0.2, 0.25) is 0 Å². The Morgan fingerprint density at radius 3 is 2.41 bits per heavy atom. The van der Waals surface area contributed by atoms with Crippen molar-refractivity contribution in [1.82, 2.24) is 0 Å². The average molecular weight is 377 g/mol. The smallest absolute Gasteiger partial charge is 0.316 e. The third-order valence-electron chi connectivity index (χ3n) is 4.43. The van der Waals surface area contributed by atoms with Crippen molar-refractivity contribution < 1.29 is 19.1 Å². The number of ketones is 1. The molecule has 0 radical (unpaired) electrons. The van der Waals surface area contributed by atoms with Crippen LogP contribution in [0.5, 0.6) is 0 Å². The number of ether oxygens (including phenoxy) is 1. The molecule has 5 nitrogen and oxygen atoms in total. The molecular weight excluding hydrogens is 362 g/mol. The Morgan fingerprint density at radius 2 is 1.63 bits per heavy atom. The molecule has 0 atom stereocenters. The first-order valence-electron chi connectivity index (χ1n) is 8.33. The lowest BCUT2D eigenvalue weighted by molar-refractivity contribution is -0.145. The average Bonchev–Trinajstić information content (AvgIpc) is 2.69. The van der Waals surface area contributed by atoms with Gasteiger partial charge < -0.3 is 10.5 Å². The number of amides is 1. The second-order valence-corrected chi connectivity index (χ2v) is 7.15. The molecule has 1 amide bonds. The van der Waals surface area contributed by atoms with E-state index in [0.717, 1.165) is 26.8 Å². The highest BCUT2D eigenvalue weighted by molar-refractivity contribution is 8.00. The van der Waals surface area contributed by atoms with E-state index in [2.05, 4.69) is 0 Å². The Balaban J connectivity index is 1.73. The summed E-state index contributed by atoms with van der Waals surface area (Å²) in [4.78, 5) is 36.2. The molecule has 0 aliphatic heterocycles. The summed E-state index contributed by atoms with van der Waals surface area (Å²) in [6, 6.07) is 17.1. The summed E-state index contributed by atoms with van der Waals surface area (Å²) >= 11 is 1.31. The normalized spacial score (nSPS) is 11.9. The molecule has 1 aliphatic carbocycles. The first-order chi connectivity index (χ1) is 13.1. The highest BCUT2D eigenvalue weighted by atomic mass is 32.2. The summed E-state index contributed by atoms with van der Waals surface area (Å²) in [5, 5.41) is 1.82. The highest BCUT2D eigenvalue weighted by Gasteiger charge is 2.25. The fourth-order valence-corrected chi connectivity index (χ4v) is 4.16. The Bertz CT molecular complexity index is 1110. The van der Waals surface area contributed by atoms with Gasteiger partial charge in [-0.3, -0.25) is 14.4 Å². The monoisotopic (exact) mass is 377 g/mol. The van der Waals surface area contributed by atoms with Gasteiger partial charge in [0.15, 0.2) is 12.4 Å². The van der Waals surface area contributed by atoms with E-state index in [1.54, 1.807) is 0 Å². The van der Waals surface area contributed by atoms with Crippen molar-refractivity contribution in [2.45, 2.75) is 4.90 Å². The molecule has 0 fully saturated rings. The Labute approximate surface area is 159 Å². The zero-order valence-corrected chi connectivity index (χ0v) is 15.0. The van der Waals surface area contributed by atoms with E-state index in [1.807, 2.05) is 54.6 Å². The van der Waals surface area contributed by atoms with Crippen molar-refractivity contribution in [2.75, 3.05) is 12.4 Å². The van der Waals surface area contributed by atoms with Crippen LogP contribution in [0, 0.1) is 0 Å². The minimum Gasteiger partial charge on any atom is -0.455 e. The largest absolute Gasteiger partial charge is 0.455 e. The maximum Gasteiger partial charge on any atom is 0.316 e. The lowest BCUT2D eigenvalue weighted by Crippen LogP contribution is -2.21. The van der Waals surface area contributed by atoms with Gasteiger partial charge in [-0.25, -0.2) is 0 Å². The van der Waals surface area contributed by atoms with Crippen molar-refractivity contribution >= 4 is 40.2 Å². The molecule has 0 heterocycles. The second kappa shape index (κ2) is 6.89. The third-order valence-corrected chi connectivity index (χ3v) is 5.48. The molecule has 4 rings (SSSR count). The topological polar surface area (TPSA) is 86.5 Å². The number of hydrogen-bond acceptors (Lipinski definition) is 5. The van der Waals surface area contributed by atoms with Crippen LogP contribution in [0.2, 0.25) is 0 Å². The van der Waals surface area contributed by atoms with Gasteiger partial charge in [-0.2, -0.15) is 0 Å². The fraction of sp³-hybridized carbons (Fsp3) is 0.0952. The third kappa shape index (κ3) is 3.08. The highest BCUT2D eigenvalue weighted by Crippen LogP contribution is 2.42. The Kier molecular flexibility index (Phi) is 4.41. The van der Waals surface area contributed by atoms with E-state index in [-0.39, 0.29) is 11.5 Å². The predicted octanol–water partition coefficient (Wildman–Crippen LogP) is 3.17. The Morgan fingerprint density at radius 1 is 0.889 bits per heavy atom. The SMILES string of the molecule is NC(=O)COC(=O)CSc1ccc2c3c(cccc13)C(=O)c1ccccc1-2. The van der Waals surface area contributed by atoms with Crippen LogP contribution in [-0.2, 0) is 14.3 Å². The van der Waals surface area contributed by atoms with Crippen molar-refractivity contribution in [3.63, 3.8) is 0 Å². The van der Waals surface area contributed by atoms with Gasteiger partial charge in [-0.15, -0.1) is 11.8 Å². The summed E-state index contributed by atoms with van der Waals surface area (Å²) in [7, 11) is 0. The fourth-order valence-electron chi connectivity index (χ4n) is 3.31. The van der Waals surface area contributed by atoms with E-state index < -0.39 is 18.5 Å². The van der Waals surface area contributed by atoms with E-state index in [4.69, 9.17) is 10.5 Å². The number of carbonyl (C=O) groups is 3. The van der Waals surface area contributed by atoms with E-state index >= 15 is 0 Å². The number of rotatable bonds is 5. The zero-order valence-electron chi connectivity index (χ0n) is 14.2. The molecule has 0 saturated heterocycles. The molecule has 1 aliphatic rings. The molecular formula is C21H15NO4S. The maximum absolute atomic E-state index is 12.9. The van der Waals surface area contributed by atoms with Crippen LogP contribution in [0.25, 0.3) is 21.9 Å². The molecule has 0 bridgehead atoms. The van der Waals surface area contributed by atoms with Crippen LogP contribution in [0.4, 0.5) is 0 Å². The van der Waals surface area contributed by atoms with Crippen LogP contribution in [-0.4, -0.2) is 30.0 Å². The molecule has 2 N–H and O–H groups in total. The standard InChI is InChI=1S/C21H15NO4S/c22-18(23)10-26-19(24)11-27-17-9-8-13-12-4-1-2-5-14(12)21(25)16-7-3-6-15(17)20(13)16/h1-9H,10-11H2,(H2,22,23). The number of fused-ring (bicyclic) bond motifs is 2. The molecule has 0 unspecified atom stereocenters. The van der Waals surface area contributed by atoms with Gasteiger partial charge in [0, 0.05) is 21.4 Å². The first-order valence-corrected chi connectivity index (χ1v) is 9.31. The molecule has 134 valence electrons. The summed E-state index contributed by atoms with van der Waals surface area (Å²) in [5.74, 6) is -1.14. The number of esters is 1. The Hall–Kier alpha value is -3.12. The molecule has 0 aromatic heterocycles. The molecule has 0 saturated carbocycles. The number of carbonyl (C=O) groups excluding carboxylic acids is 3. The second-order valence-electron chi connectivity index (χ2n) is 6.13. The molecule has 3 aromatic rings. The molecule has 6 heteroatoms. The first kappa shape index (κ1) is 17.3. The number of benzene rings is 3. The lowest BCUT2D eigenvalue weighted by atomic mass is 9.83. The van der Waals surface area contributed by atoms with Crippen molar-refractivity contribution in [2.24, 2.45) is 5.73 Å². The molecule has 27 heavy (non-hydrogen) atoms. The van der Waals surface area contributed by atoms with Crippen LogP contribution in [0.1, 0.15) is 15.9 Å². The summed E-state index contributed by atoms with van der Waals surface area (Å²) in [5.41, 5.74) is 8.27. The van der Waals surface area contributed by atoms with Crippen LogP contribution in [0.15, 0.2) is 59.5 Å². The van der Waals surface area contributed by atoms with E-state index in [1.165, 1.54) is 11.8 Å². The van der Waals surface area contributed by atoms with Crippen LogP contribution >= 0.6 is 11.8 Å². The number of nitrogens with two attached hydrogens (primary N) is 1. The summed E-state index contributed by atoms with van der Waals surface area (Å²) in [6.07, 6.45) is 0. The number of thioether (sulfide) groups is 1. The van der Waals surface area contributed by atoms with Crippen molar-refractivity contribution in [3.05, 3.63) is 65.7 Å². The molecule has 0 spiro atoms.